The number of ketones is 1. The van der Waals surface area contributed by atoms with Crippen molar-refractivity contribution < 1.29 is 4.79 Å². The Kier molecular flexibility index (Phi) is 6.00. The van der Waals surface area contributed by atoms with Gasteiger partial charge in [-0.3, -0.25) is 9.69 Å². The Morgan fingerprint density at radius 1 is 0.889 bits per heavy atom. The lowest BCUT2D eigenvalue weighted by Gasteiger charge is -2.35. The molecule has 27 heavy (non-hydrogen) atoms. The van der Waals surface area contributed by atoms with E-state index in [1.54, 1.807) is 11.1 Å². The molecule has 0 N–H and O–H groups in total. The average Bonchev–Trinajstić information content (AvgIpc) is 2.98. The van der Waals surface area contributed by atoms with E-state index in [0.29, 0.717) is 12.5 Å². The molecule has 0 amide bonds. The highest BCUT2D eigenvalue weighted by Crippen LogP contribution is 2.34. The van der Waals surface area contributed by atoms with Crippen LogP contribution < -0.4 is 0 Å². The lowest BCUT2D eigenvalue weighted by Crippen LogP contribution is -2.35. The van der Waals surface area contributed by atoms with Gasteiger partial charge in [0.1, 0.15) is 0 Å². The molecule has 142 valence electrons. The van der Waals surface area contributed by atoms with Crippen LogP contribution in [0.15, 0.2) is 54.6 Å². The second-order valence-electron chi connectivity index (χ2n) is 7.88. The van der Waals surface area contributed by atoms with Crippen LogP contribution in [0.4, 0.5) is 0 Å². The van der Waals surface area contributed by atoms with Crippen LogP contribution in [0.25, 0.3) is 0 Å². The summed E-state index contributed by atoms with van der Waals surface area (Å²) < 4.78 is 0. The summed E-state index contributed by atoms with van der Waals surface area (Å²) in [5.74, 6) is 0.262. The molecule has 2 aromatic rings. The van der Waals surface area contributed by atoms with Crippen LogP contribution in [0.2, 0.25) is 0 Å². The molecule has 1 unspecified atom stereocenters. The van der Waals surface area contributed by atoms with Crippen LogP contribution in [0.1, 0.15) is 53.2 Å². The minimum absolute atomic E-state index is 0.262. The van der Waals surface area contributed by atoms with E-state index in [0.717, 1.165) is 31.7 Å². The Balaban J connectivity index is 1.33. The monoisotopic (exact) mass is 362 g/mol. The first-order chi connectivity index (χ1) is 13.3. The molecule has 1 aliphatic heterocycles. The molecule has 2 aliphatic rings. The fraction of sp³-hybridized carbons (Fsp3) is 0.458. The third-order valence-electron chi connectivity index (χ3n) is 6.15. The standard InChI is InChI=1S/C24H30N2O/c27-24(21-9-2-1-3-10-21)14-17-25-15-7-16-26(19-18-25)23-13-6-11-20-8-4-5-12-22(20)23/h1-5,8-10,12,23H,6-7,11,13-19H2. The van der Waals surface area contributed by atoms with Gasteiger partial charge in [-0.1, -0.05) is 54.6 Å². The molecule has 1 fully saturated rings. The van der Waals surface area contributed by atoms with Crippen molar-refractivity contribution in [1.29, 1.82) is 0 Å². The molecule has 3 nitrogen and oxygen atoms in total. The normalized spacial score (nSPS) is 21.4. The number of nitrogens with zero attached hydrogens (tertiary/aromatic N) is 2. The average molecular weight is 363 g/mol. The minimum Gasteiger partial charge on any atom is -0.302 e. The molecule has 0 spiro atoms. The third kappa shape index (κ3) is 4.48. The highest BCUT2D eigenvalue weighted by Gasteiger charge is 2.27. The van der Waals surface area contributed by atoms with Crippen molar-refractivity contribution in [3.05, 3.63) is 71.3 Å². The molecular weight excluding hydrogens is 332 g/mol. The maximum atomic E-state index is 12.4. The van der Waals surface area contributed by atoms with Crippen molar-refractivity contribution in [2.24, 2.45) is 0 Å². The number of aryl methyl sites for hydroxylation is 1. The largest absolute Gasteiger partial charge is 0.302 e. The van der Waals surface area contributed by atoms with Crippen molar-refractivity contribution >= 4 is 5.78 Å². The van der Waals surface area contributed by atoms with E-state index >= 15 is 0 Å². The van der Waals surface area contributed by atoms with Gasteiger partial charge in [-0.05, 0) is 43.4 Å². The first-order valence-corrected chi connectivity index (χ1v) is 10.4. The second-order valence-corrected chi connectivity index (χ2v) is 7.88. The number of fused-ring (bicyclic) bond motifs is 1. The van der Waals surface area contributed by atoms with Crippen LogP contribution in [-0.2, 0) is 6.42 Å². The van der Waals surface area contributed by atoms with Crippen LogP contribution in [-0.4, -0.2) is 48.3 Å². The number of carbonyl (C=O) groups excluding carboxylic acids is 1. The summed E-state index contributed by atoms with van der Waals surface area (Å²) >= 11 is 0. The van der Waals surface area contributed by atoms with Gasteiger partial charge in [-0.15, -0.1) is 0 Å². The number of benzene rings is 2. The summed E-state index contributed by atoms with van der Waals surface area (Å²) in [6, 6.07) is 19.3. The Labute approximate surface area is 163 Å². The fourth-order valence-electron chi connectivity index (χ4n) is 4.66. The molecule has 0 radical (unpaired) electrons. The lowest BCUT2D eigenvalue weighted by molar-refractivity contribution is 0.0964. The molecular formula is C24H30N2O. The fourth-order valence-corrected chi connectivity index (χ4v) is 4.66. The maximum absolute atomic E-state index is 12.4. The Bertz CT molecular complexity index is 758. The van der Waals surface area contributed by atoms with E-state index in [4.69, 9.17) is 0 Å². The van der Waals surface area contributed by atoms with Gasteiger partial charge >= 0.3 is 0 Å². The van der Waals surface area contributed by atoms with Gasteiger partial charge in [0.25, 0.3) is 0 Å². The summed E-state index contributed by atoms with van der Waals surface area (Å²) in [6.07, 6.45) is 5.62. The lowest BCUT2D eigenvalue weighted by atomic mass is 9.87. The molecule has 1 aliphatic carbocycles. The number of rotatable bonds is 5. The van der Waals surface area contributed by atoms with Gasteiger partial charge in [-0.25, -0.2) is 0 Å². The summed E-state index contributed by atoms with van der Waals surface area (Å²) in [5.41, 5.74) is 3.94. The van der Waals surface area contributed by atoms with Gasteiger partial charge in [0, 0.05) is 44.2 Å². The molecule has 1 heterocycles. The van der Waals surface area contributed by atoms with E-state index < -0.39 is 0 Å². The topological polar surface area (TPSA) is 23.6 Å². The zero-order valence-corrected chi connectivity index (χ0v) is 16.1. The summed E-state index contributed by atoms with van der Waals surface area (Å²) in [7, 11) is 0. The smallest absolute Gasteiger partial charge is 0.164 e. The number of hydrogen-bond acceptors (Lipinski definition) is 3. The van der Waals surface area contributed by atoms with Crippen molar-refractivity contribution in [2.75, 3.05) is 32.7 Å². The predicted octanol–water partition coefficient (Wildman–Crippen LogP) is 4.34. The van der Waals surface area contributed by atoms with Gasteiger partial charge in [0.15, 0.2) is 5.78 Å². The van der Waals surface area contributed by atoms with Crippen LogP contribution in [0.5, 0.6) is 0 Å². The second kappa shape index (κ2) is 8.81. The third-order valence-corrected chi connectivity index (χ3v) is 6.15. The summed E-state index contributed by atoms with van der Waals surface area (Å²) in [6.45, 7) is 5.33. The zero-order chi connectivity index (χ0) is 18.5. The van der Waals surface area contributed by atoms with Crippen molar-refractivity contribution in [3.63, 3.8) is 0 Å². The van der Waals surface area contributed by atoms with Crippen LogP contribution in [0, 0.1) is 0 Å². The zero-order valence-electron chi connectivity index (χ0n) is 16.1. The molecule has 0 saturated carbocycles. The van der Waals surface area contributed by atoms with E-state index in [1.807, 2.05) is 30.3 Å². The highest BCUT2D eigenvalue weighted by atomic mass is 16.1. The van der Waals surface area contributed by atoms with Gasteiger partial charge in [0.05, 0.1) is 0 Å². The highest BCUT2D eigenvalue weighted by molar-refractivity contribution is 5.96. The molecule has 0 aromatic heterocycles. The van der Waals surface area contributed by atoms with E-state index in [2.05, 4.69) is 34.1 Å². The molecule has 3 heteroatoms. The molecule has 1 atom stereocenters. The number of carbonyl (C=O) groups is 1. The van der Waals surface area contributed by atoms with Crippen molar-refractivity contribution in [2.45, 2.75) is 38.1 Å². The van der Waals surface area contributed by atoms with E-state index in [-0.39, 0.29) is 5.78 Å². The van der Waals surface area contributed by atoms with E-state index in [1.165, 1.54) is 32.2 Å². The summed E-state index contributed by atoms with van der Waals surface area (Å²) in [4.78, 5) is 17.6. The van der Waals surface area contributed by atoms with Crippen LogP contribution in [0.3, 0.4) is 0 Å². The minimum atomic E-state index is 0.262. The summed E-state index contributed by atoms with van der Waals surface area (Å²) in [5, 5.41) is 0. The Hall–Kier alpha value is -1.97. The van der Waals surface area contributed by atoms with Crippen molar-refractivity contribution in [1.82, 2.24) is 9.80 Å². The van der Waals surface area contributed by atoms with Gasteiger partial charge in [0.2, 0.25) is 0 Å². The molecule has 1 saturated heterocycles. The van der Waals surface area contributed by atoms with Gasteiger partial charge < -0.3 is 4.90 Å². The first kappa shape index (κ1) is 18.4. The van der Waals surface area contributed by atoms with Crippen LogP contribution >= 0.6 is 0 Å². The molecule has 2 aromatic carbocycles. The predicted molar refractivity (Wildman–Crippen MR) is 110 cm³/mol. The number of hydrogen-bond donors (Lipinski definition) is 0. The Morgan fingerprint density at radius 3 is 2.59 bits per heavy atom. The van der Waals surface area contributed by atoms with Gasteiger partial charge in [-0.2, -0.15) is 0 Å². The molecule has 4 rings (SSSR count). The maximum Gasteiger partial charge on any atom is 0.164 e. The SMILES string of the molecule is O=C(CCN1CCCN(C2CCCc3ccccc32)CC1)c1ccccc1. The van der Waals surface area contributed by atoms with E-state index in [9.17, 15) is 4.79 Å². The first-order valence-electron chi connectivity index (χ1n) is 10.4. The molecule has 0 bridgehead atoms. The number of Topliss-reactive ketones (excluding diaryl/α,β-unsaturated/α-hetero) is 1. The van der Waals surface area contributed by atoms with Crippen molar-refractivity contribution in [3.8, 4) is 0 Å². The quantitative estimate of drug-likeness (QED) is 0.739. The Morgan fingerprint density at radius 2 is 1.70 bits per heavy atom.